The van der Waals surface area contributed by atoms with Gasteiger partial charge in [0.1, 0.15) is 5.75 Å². The minimum Gasteiger partial charge on any atom is -0.493 e. The van der Waals surface area contributed by atoms with Crippen LogP contribution < -0.4 is 14.8 Å². The molecule has 0 fully saturated rings. The first-order chi connectivity index (χ1) is 16.2. The Morgan fingerprint density at radius 1 is 1.00 bits per heavy atom. The third-order valence-corrected chi connectivity index (χ3v) is 6.40. The number of rotatable bonds is 6. The Bertz CT molecular complexity index is 1290. The van der Waals surface area contributed by atoms with Crippen molar-refractivity contribution in [2.24, 2.45) is 0 Å². The highest BCUT2D eigenvalue weighted by Gasteiger charge is 2.27. The van der Waals surface area contributed by atoms with Crippen LogP contribution >= 0.6 is 23.4 Å². The monoisotopic (exact) mass is 476 g/mol. The van der Waals surface area contributed by atoms with E-state index in [1.807, 2.05) is 79.7 Å². The summed E-state index contributed by atoms with van der Waals surface area (Å²) in [5, 5.41) is 13.5. The first-order valence-corrected chi connectivity index (χ1v) is 11.9. The Hall–Kier alpha value is -3.29. The Balaban J connectivity index is 1.51. The first-order valence-electron chi connectivity index (χ1n) is 10.6. The van der Waals surface area contributed by atoms with Crippen molar-refractivity contribution < 1.29 is 9.47 Å². The Morgan fingerprint density at radius 3 is 2.67 bits per heavy atom. The molecule has 0 bridgehead atoms. The van der Waals surface area contributed by atoms with E-state index < -0.39 is 6.23 Å². The van der Waals surface area contributed by atoms with Crippen LogP contribution in [0.3, 0.4) is 0 Å². The molecule has 6 nitrogen and oxygen atoms in total. The maximum atomic E-state index is 6.38. The van der Waals surface area contributed by atoms with Crippen LogP contribution in [-0.2, 0) is 5.75 Å². The molecule has 33 heavy (non-hydrogen) atoms. The van der Waals surface area contributed by atoms with Crippen molar-refractivity contribution in [2.45, 2.75) is 24.1 Å². The molecule has 1 atom stereocenters. The molecule has 0 radical (unpaired) electrons. The Kier molecular flexibility index (Phi) is 6.32. The van der Waals surface area contributed by atoms with Crippen LogP contribution in [0.15, 0.2) is 78.0 Å². The topological polar surface area (TPSA) is 69.2 Å². The molecule has 0 saturated carbocycles. The standard InChI is InChI=1S/C25H21ClN4O2S/c1-2-31-21-14-8-5-11-18(21)23-27-20-13-7-4-10-17(20)22-24(32-23)28-25(30-29-22)33-15-16-9-3-6-12-19(16)26/h3-14,23,27H,2,15H2,1H3. The molecule has 2 heterocycles. The van der Waals surface area contributed by atoms with Gasteiger partial charge in [0.2, 0.25) is 17.3 Å². The van der Waals surface area contributed by atoms with Crippen LogP contribution in [0.4, 0.5) is 5.69 Å². The molecule has 1 N–H and O–H groups in total. The summed E-state index contributed by atoms with van der Waals surface area (Å²) in [4.78, 5) is 4.71. The van der Waals surface area contributed by atoms with Crippen molar-refractivity contribution in [3.8, 4) is 22.9 Å². The van der Waals surface area contributed by atoms with Gasteiger partial charge in [-0.15, -0.1) is 10.2 Å². The molecule has 1 aliphatic heterocycles. The zero-order valence-corrected chi connectivity index (χ0v) is 19.4. The number of nitrogens with one attached hydrogen (secondary N) is 1. The summed E-state index contributed by atoms with van der Waals surface area (Å²) < 4.78 is 12.2. The average molecular weight is 477 g/mol. The lowest BCUT2D eigenvalue weighted by atomic mass is 10.1. The molecule has 0 spiro atoms. The van der Waals surface area contributed by atoms with Gasteiger partial charge in [-0.1, -0.05) is 71.9 Å². The zero-order chi connectivity index (χ0) is 22.6. The highest BCUT2D eigenvalue weighted by atomic mass is 35.5. The average Bonchev–Trinajstić information content (AvgIpc) is 3.00. The molecule has 1 aliphatic rings. The van der Waals surface area contributed by atoms with Gasteiger partial charge in [0.15, 0.2) is 5.69 Å². The first kappa shape index (κ1) is 21.6. The predicted molar refractivity (Wildman–Crippen MR) is 131 cm³/mol. The molecular weight excluding hydrogens is 456 g/mol. The molecule has 0 amide bonds. The fourth-order valence-corrected chi connectivity index (χ4v) is 4.66. The Morgan fingerprint density at radius 2 is 1.79 bits per heavy atom. The van der Waals surface area contributed by atoms with Gasteiger partial charge in [-0.2, -0.15) is 4.98 Å². The SMILES string of the molecule is CCOc1ccccc1C1Nc2ccccc2-c2nnc(SCc3ccccc3Cl)nc2O1. The van der Waals surface area contributed by atoms with Gasteiger partial charge in [0.05, 0.1) is 12.2 Å². The highest BCUT2D eigenvalue weighted by molar-refractivity contribution is 7.98. The van der Waals surface area contributed by atoms with E-state index in [4.69, 9.17) is 26.1 Å². The van der Waals surface area contributed by atoms with Gasteiger partial charge in [-0.3, -0.25) is 0 Å². The molecule has 166 valence electrons. The minimum atomic E-state index is -0.506. The molecule has 1 aromatic heterocycles. The summed E-state index contributed by atoms with van der Waals surface area (Å²) in [7, 11) is 0. The number of para-hydroxylation sites is 2. The summed E-state index contributed by atoms with van der Waals surface area (Å²) >= 11 is 7.76. The van der Waals surface area contributed by atoms with E-state index in [1.54, 1.807) is 0 Å². The molecule has 1 unspecified atom stereocenters. The Labute approximate surface area is 201 Å². The largest absolute Gasteiger partial charge is 0.493 e. The van der Waals surface area contributed by atoms with Gasteiger partial charge >= 0.3 is 0 Å². The lowest BCUT2D eigenvalue weighted by Gasteiger charge is -2.21. The van der Waals surface area contributed by atoms with Crippen molar-refractivity contribution in [3.63, 3.8) is 0 Å². The van der Waals surface area contributed by atoms with E-state index >= 15 is 0 Å². The highest BCUT2D eigenvalue weighted by Crippen LogP contribution is 2.41. The molecule has 3 aromatic carbocycles. The van der Waals surface area contributed by atoms with Crippen molar-refractivity contribution in [1.82, 2.24) is 15.2 Å². The third kappa shape index (κ3) is 4.60. The molecule has 4 aromatic rings. The van der Waals surface area contributed by atoms with E-state index in [1.165, 1.54) is 11.8 Å². The van der Waals surface area contributed by atoms with Crippen LogP contribution in [0, 0.1) is 0 Å². The fraction of sp³-hybridized carbons (Fsp3) is 0.160. The smallest absolute Gasteiger partial charge is 0.247 e. The maximum absolute atomic E-state index is 6.38. The van der Waals surface area contributed by atoms with Gasteiger partial charge in [-0.05, 0) is 36.8 Å². The number of hydrogen-bond acceptors (Lipinski definition) is 7. The summed E-state index contributed by atoms with van der Waals surface area (Å²) in [6.45, 7) is 2.52. The molecule has 5 rings (SSSR count). The normalized spacial score (nSPS) is 14.3. The van der Waals surface area contributed by atoms with Crippen LogP contribution in [0.2, 0.25) is 5.02 Å². The second kappa shape index (κ2) is 9.68. The van der Waals surface area contributed by atoms with Crippen molar-refractivity contribution in [2.75, 3.05) is 11.9 Å². The summed E-state index contributed by atoms with van der Waals surface area (Å²) in [5.41, 5.74) is 4.26. The van der Waals surface area contributed by atoms with E-state index in [2.05, 4.69) is 15.5 Å². The van der Waals surface area contributed by atoms with Crippen LogP contribution in [-0.4, -0.2) is 21.8 Å². The molecular formula is C25H21ClN4O2S. The number of thioether (sulfide) groups is 1. The van der Waals surface area contributed by atoms with E-state index in [-0.39, 0.29) is 0 Å². The molecule has 0 aliphatic carbocycles. The quantitative estimate of drug-likeness (QED) is 0.323. The van der Waals surface area contributed by atoms with Crippen LogP contribution in [0.25, 0.3) is 11.3 Å². The number of ether oxygens (including phenoxy) is 2. The summed E-state index contributed by atoms with van der Waals surface area (Å²) in [6, 6.07) is 23.5. The molecule has 8 heteroatoms. The lowest BCUT2D eigenvalue weighted by Crippen LogP contribution is -2.18. The molecule has 0 saturated heterocycles. The number of fused-ring (bicyclic) bond motifs is 3. The second-order valence-corrected chi connectivity index (χ2v) is 8.64. The zero-order valence-electron chi connectivity index (χ0n) is 17.9. The summed E-state index contributed by atoms with van der Waals surface area (Å²) in [6.07, 6.45) is -0.506. The van der Waals surface area contributed by atoms with Crippen LogP contribution in [0.5, 0.6) is 11.6 Å². The number of hydrogen-bond donors (Lipinski definition) is 1. The van der Waals surface area contributed by atoms with Gasteiger partial charge < -0.3 is 14.8 Å². The van der Waals surface area contributed by atoms with E-state index in [0.29, 0.717) is 29.1 Å². The van der Waals surface area contributed by atoms with Crippen molar-refractivity contribution in [1.29, 1.82) is 0 Å². The predicted octanol–water partition coefficient (Wildman–Crippen LogP) is 6.39. The second-order valence-electron chi connectivity index (χ2n) is 7.29. The van der Waals surface area contributed by atoms with Crippen molar-refractivity contribution in [3.05, 3.63) is 88.9 Å². The van der Waals surface area contributed by atoms with Gasteiger partial charge in [-0.25, -0.2) is 0 Å². The number of anilines is 1. The maximum Gasteiger partial charge on any atom is 0.247 e. The number of benzene rings is 3. The van der Waals surface area contributed by atoms with Gasteiger partial charge in [0, 0.05) is 22.0 Å². The van der Waals surface area contributed by atoms with Crippen LogP contribution in [0.1, 0.15) is 24.3 Å². The minimum absolute atomic E-state index is 0.417. The van der Waals surface area contributed by atoms with E-state index in [9.17, 15) is 0 Å². The number of aromatic nitrogens is 3. The number of halogens is 1. The third-order valence-electron chi connectivity index (χ3n) is 5.15. The van der Waals surface area contributed by atoms with Gasteiger partial charge in [0.25, 0.3) is 0 Å². The fourth-order valence-electron chi connectivity index (χ4n) is 3.59. The lowest BCUT2D eigenvalue weighted by molar-refractivity contribution is 0.217. The summed E-state index contributed by atoms with van der Waals surface area (Å²) in [5.74, 6) is 1.81. The van der Waals surface area contributed by atoms with E-state index in [0.717, 1.165) is 33.1 Å². The number of nitrogens with zero attached hydrogens (tertiary/aromatic N) is 3. The van der Waals surface area contributed by atoms with Crippen molar-refractivity contribution >= 4 is 29.1 Å².